The highest BCUT2D eigenvalue weighted by Crippen LogP contribution is 2.19. The van der Waals surface area contributed by atoms with Crippen LogP contribution in [0.4, 0.5) is 4.79 Å². The van der Waals surface area contributed by atoms with Gasteiger partial charge < -0.3 is 15.2 Å². The number of rotatable bonds is 3. The molecule has 0 aromatic carbocycles. The van der Waals surface area contributed by atoms with E-state index in [2.05, 4.69) is 10.3 Å². The van der Waals surface area contributed by atoms with Gasteiger partial charge in [0.25, 0.3) is 5.91 Å². The normalized spacial score (nSPS) is 15.5. The number of piperidine rings is 1. The molecular weight excluding hydrogens is 326 g/mol. The lowest BCUT2D eigenvalue weighted by molar-refractivity contribution is 0.0137. The molecule has 0 aliphatic carbocycles. The predicted octanol–water partition coefficient (Wildman–Crippen LogP) is 1.91. The van der Waals surface area contributed by atoms with Crippen LogP contribution in [-0.4, -0.2) is 57.7 Å². The zero-order valence-electron chi connectivity index (χ0n) is 14.6. The van der Waals surface area contributed by atoms with Crippen LogP contribution in [0.25, 0.3) is 0 Å². The molecule has 0 unspecified atom stereocenters. The van der Waals surface area contributed by atoms with Crippen molar-refractivity contribution in [3.63, 3.8) is 0 Å². The summed E-state index contributed by atoms with van der Waals surface area (Å²) in [6, 6.07) is 3.80. The Hall–Kier alpha value is -2.48. The number of nitrogens with zero attached hydrogens (tertiary/aromatic N) is 2. The fourth-order valence-electron chi connectivity index (χ4n) is 2.57. The fraction of sp³-hybridized carbons (Fsp3) is 0.529. The topological polar surface area (TPSA) is 109 Å². The van der Waals surface area contributed by atoms with Crippen LogP contribution >= 0.6 is 0 Å². The van der Waals surface area contributed by atoms with Gasteiger partial charge >= 0.3 is 12.1 Å². The number of imide groups is 1. The molecule has 8 heteroatoms. The van der Waals surface area contributed by atoms with Crippen molar-refractivity contribution >= 4 is 18.0 Å². The summed E-state index contributed by atoms with van der Waals surface area (Å²) in [6.45, 7) is 6.53. The molecule has 25 heavy (non-hydrogen) atoms. The molecule has 0 spiro atoms. The quantitative estimate of drug-likeness (QED) is 0.858. The van der Waals surface area contributed by atoms with E-state index in [1.165, 1.54) is 18.2 Å². The third kappa shape index (κ3) is 4.99. The van der Waals surface area contributed by atoms with Crippen molar-refractivity contribution in [2.45, 2.75) is 45.3 Å². The first-order chi connectivity index (χ1) is 11.7. The average Bonchev–Trinajstić information content (AvgIpc) is 2.54. The number of hydrogen-bond acceptors (Lipinski definition) is 6. The lowest BCUT2D eigenvalue weighted by atomic mass is 10.0. The average molecular weight is 349 g/mol. The maximum Gasteiger partial charge on any atom is 0.417 e. The van der Waals surface area contributed by atoms with Gasteiger partial charge in [0.1, 0.15) is 17.0 Å². The number of aromatic carboxylic acids is 1. The fourth-order valence-corrected chi connectivity index (χ4v) is 2.57. The van der Waals surface area contributed by atoms with Gasteiger partial charge in [0.05, 0.1) is 0 Å². The van der Waals surface area contributed by atoms with Gasteiger partial charge in [0.15, 0.2) is 0 Å². The molecule has 1 aromatic rings. The van der Waals surface area contributed by atoms with Crippen LogP contribution in [-0.2, 0) is 4.74 Å². The highest BCUT2D eigenvalue weighted by molar-refractivity contribution is 6.02. The molecule has 2 amide bonds. The molecule has 2 rings (SSSR count). The molecule has 8 nitrogen and oxygen atoms in total. The number of carbonyl (C=O) groups is 3. The van der Waals surface area contributed by atoms with Gasteiger partial charge in [-0.25, -0.2) is 19.5 Å². The minimum atomic E-state index is -1.24. The Balaban J connectivity index is 2.33. The molecule has 1 fully saturated rings. The van der Waals surface area contributed by atoms with Crippen molar-refractivity contribution in [2.75, 3.05) is 13.1 Å². The van der Waals surface area contributed by atoms with Crippen molar-refractivity contribution < 1.29 is 24.2 Å². The van der Waals surface area contributed by atoms with Crippen molar-refractivity contribution in [3.05, 3.63) is 29.6 Å². The third-order valence-corrected chi connectivity index (χ3v) is 3.67. The number of carboxylic acids is 1. The summed E-state index contributed by atoms with van der Waals surface area (Å²) in [5.74, 6) is -1.88. The standard InChI is InChI=1S/C17H23N3O5/c1-17(2,3)25-16(24)20(11-7-9-18-10-8-11)14(21)12-5-4-6-13(19-12)15(22)23/h4-6,11,18H,7-10H2,1-3H3,(H,22,23). The summed E-state index contributed by atoms with van der Waals surface area (Å²) < 4.78 is 5.38. The Morgan fingerprint density at radius 3 is 2.36 bits per heavy atom. The summed E-state index contributed by atoms with van der Waals surface area (Å²) in [7, 11) is 0. The molecule has 1 aliphatic rings. The van der Waals surface area contributed by atoms with Gasteiger partial charge in [0.2, 0.25) is 0 Å². The highest BCUT2D eigenvalue weighted by atomic mass is 16.6. The Labute approximate surface area is 146 Å². The number of aromatic nitrogens is 1. The second-order valence-corrected chi connectivity index (χ2v) is 6.85. The number of carbonyl (C=O) groups excluding carboxylic acids is 2. The van der Waals surface area contributed by atoms with Crippen LogP contribution in [0.3, 0.4) is 0 Å². The van der Waals surface area contributed by atoms with E-state index in [9.17, 15) is 14.4 Å². The van der Waals surface area contributed by atoms with Crippen LogP contribution in [0.5, 0.6) is 0 Å². The summed E-state index contributed by atoms with van der Waals surface area (Å²) in [6.07, 6.45) is 0.458. The first-order valence-electron chi connectivity index (χ1n) is 8.16. The van der Waals surface area contributed by atoms with E-state index >= 15 is 0 Å². The minimum Gasteiger partial charge on any atom is -0.477 e. The van der Waals surface area contributed by atoms with E-state index < -0.39 is 23.6 Å². The van der Waals surface area contributed by atoms with Crippen LogP contribution in [0.15, 0.2) is 18.2 Å². The molecule has 0 radical (unpaired) electrons. The smallest absolute Gasteiger partial charge is 0.417 e. The Kier molecular flexibility index (Phi) is 5.73. The van der Waals surface area contributed by atoms with Crippen molar-refractivity contribution in [3.8, 4) is 0 Å². The van der Waals surface area contributed by atoms with Gasteiger partial charge in [-0.15, -0.1) is 0 Å². The van der Waals surface area contributed by atoms with E-state index in [-0.39, 0.29) is 17.4 Å². The second-order valence-electron chi connectivity index (χ2n) is 6.85. The van der Waals surface area contributed by atoms with E-state index in [0.717, 1.165) is 4.90 Å². The van der Waals surface area contributed by atoms with E-state index in [0.29, 0.717) is 25.9 Å². The first kappa shape index (κ1) is 18.9. The molecule has 136 valence electrons. The first-order valence-corrected chi connectivity index (χ1v) is 8.16. The largest absolute Gasteiger partial charge is 0.477 e. The zero-order valence-corrected chi connectivity index (χ0v) is 14.6. The molecule has 2 heterocycles. The summed E-state index contributed by atoms with van der Waals surface area (Å²) >= 11 is 0. The monoisotopic (exact) mass is 349 g/mol. The van der Waals surface area contributed by atoms with Crippen molar-refractivity contribution in [1.82, 2.24) is 15.2 Å². The Morgan fingerprint density at radius 2 is 1.80 bits per heavy atom. The van der Waals surface area contributed by atoms with Crippen LogP contribution in [0, 0.1) is 0 Å². The van der Waals surface area contributed by atoms with E-state index in [4.69, 9.17) is 9.84 Å². The minimum absolute atomic E-state index is 0.0932. The molecule has 1 aromatic heterocycles. The third-order valence-electron chi connectivity index (χ3n) is 3.67. The molecule has 0 bridgehead atoms. The number of hydrogen-bond donors (Lipinski definition) is 2. The number of pyridine rings is 1. The molecule has 1 aliphatic heterocycles. The van der Waals surface area contributed by atoms with Crippen LogP contribution in [0.2, 0.25) is 0 Å². The lowest BCUT2D eigenvalue weighted by Crippen LogP contribution is -2.51. The van der Waals surface area contributed by atoms with Crippen LogP contribution in [0.1, 0.15) is 54.6 Å². The maximum absolute atomic E-state index is 12.9. The number of nitrogens with one attached hydrogen (secondary N) is 1. The molecule has 1 saturated heterocycles. The predicted molar refractivity (Wildman–Crippen MR) is 89.5 cm³/mol. The van der Waals surface area contributed by atoms with Gasteiger partial charge in [0, 0.05) is 6.04 Å². The van der Waals surface area contributed by atoms with Crippen molar-refractivity contribution in [2.24, 2.45) is 0 Å². The zero-order chi connectivity index (χ0) is 18.6. The lowest BCUT2D eigenvalue weighted by Gasteiger charge is -2.34. The number of ether oxygens (including phenoxy) is 1. The van der Waals surface area contributed by atoms with E-state index in [1.54, 1.807) is 20.8 Å². The van der Waals surface area contributed by atoms with Gasteiger partial charge in [-0.3, -0.25) is 4.79 Å². The number of carboxylic acid groups (broad SMARTS) is 1. The highest BCUT2D eigenvalue weighted by Gasteiger charge is 2.35. The Morgan fingerprint density at radius 1 is 1.20 bits per heavy atom. The second kappa shape index (κ2) is 7.60. The summed E-state index contributed by atoms with van der Waals surface area (Å²) in [4.78, 5) is 41.5. The Bertz CT molecular complexity index is 662. The molecule has 0 atom stereocenters. The molecule has 2 N–H and O–H groups in total. The summed E-state index contributed by atoms with van der Waals surface area (Å²) in [5, 5.41) is 12.2. The summed E-state index contributed by atoms with van der Waals surface area (Å²) in [5.41, 5.74) is -1.09. The van der Waals surface area contributed by atoms with Crippen molar-refractivity contribution in [1.29, 1.82) is 0 Å². The van der Waals surface area contributed by atoms with Crippen LogP contribution < -0.4 is 5.32 Å². The number of amides is 2. The van der Waals surface area contributed by atoms with Gasteiger partial charge in [-0.1, -0.05) is 6.07 Å². The molecule has 0 saturated carbocycles. The SMILES string of the molecule is CC(C)(C)OC(=O)N(C(=O)c1cccc(C(=O)O)n1)C1CCNCC1. The molecular formula is C17H23N3O5. The van der Waals surface area contributed by atoms with Gasteiger partial charge in [-0.05, 0) is 58.8 Å². The van der Waals surface area contributed by atoms with Gasteiger partial charge in [-0.2, -0.15) is 0 Å². The maximum atomic E-state index is 12.9. The van der Waals surface area contributed by atoms with E-state index in [1.807, 2.05) is 0 Å².